The Kier molecular flexibility index (Phi) is 3.59. The third-order valence-corrected chi connectivity index (χ3v) is 5.54. The van der Waals surface area contributed by atoms with E-state index in [9.17, 15) is 19.1 Å². The number of aliphatic carboxylic acids is 1. The van der Waals surface area contributed by atoms with Gasteiger partial charge in [0.15, 0.2) is 0 Å². The van der Waals surface area contributed by atoms with Gasteiger partial charge in [0.05, 0.1) is 5.66 Å². The summed E-state index contributed by atoms with van der Waals surface area (Å²) in [6.45, 7) is 0.554. The molecule has 2 rings (SSSR count). The molecule has 0 radical (unpaired) electrons. The first kappa shape index (κ1) is 13.0. The molecule has 0 aromatic heterocycles. The van der Waals surface area contributed by atoms with E-state index in [1.807, 2.05) is 0 Å². The second-order valence-corrected chi connectivity index (χ2v) is 6.89. The molecule has 0 aromatic carbocycles. The van der Waals surface area contributed by atoms with Crippen molar-refractivity contribution in [3.63, 3.8) is 0 Å². The summed E-state index contributed by atoms with van der Waals surface area (Å²) in [7, 11) is -4.11. The maximum atomic E-state index is 11.4. The Hall–Kier alpha value is -0.420. The quantitative estimate of drug-likeness (QED) is 0.537. The van der Waals surface area contributed by atoms with E-state index in [-0.39, 0.29) is 11.8 Å². The molecule has 1 aliphatic heterocycles. The molecule has 1 saturated heterocycles. The lowest BCUT2D eigenvalue weighted by molar-refractivity contribution is -0.141. The highest BCUT2D eigenvalue weighted by Crippen LogP contribution is 2.53. The molecule has 4 N–H and O–H groups in total. The Morgan fingerprint density at radius 3 is 2.59 bits per heavy atom. The second kappa shape index (κ2) is 4.69. The summed E-state index contributed by atoms with van der Waals surface area (Å²) in [6, 6.07) is -0.664. The average molecular weight is 263 g/mol. The maximum Gasteiger partial charge on any atom is 0.328 e. The minimum absolute atomic E-state index is 0.160. The van der Waals surface area contributed by atoms with Crippen LogP contribution >= 0.6 is 7.60 Å². The van der Waals surface area contributed by atoms with E-state index in [0.717, 1.165) is 12.8 Å². The fraction of sp³-hybridized carbons (Fsp3) is 0.900. The largest absolute Gasteiger partial charge is 0.480 e. The molecule has 0 amide bonds. The molecule has 2 fully saturated rings. The molecular weight excluding hydrogens is 245 g/mol. The third kappa shape index (κ3) is 2.71. The zero-order chi connectivity index (χ0) is 12.6. The summed E-state index contributed by atoms with van der Waals surface area (Å²) >= 11 is 0. The molecule has 1 aliphatic carbocycles. The Bertz CT molecular complexity index is 355. The van der Waals surface area contributed by atoms with Crippen LogP contribution in [0.1, 0.15) is 25.7 Å². The molecule has 2 aliphatic rings. The van der Waals surface area contributed by atoms with Crippen molar-refractivity contribution in [2.24, 2.45) is 11.8 Å². The number of hydrogen-bond donors (Lipinski definition) is 4. The molecule has 0 bridgehead atoms. The lowest BCUT2D eigenvalue weighted by Crippen LogP contribution is -2.52. The lowest BCUT2D eigenvalue weighted by atomic mass is 9.73. The zero-order valence-electron chi connectivity index (χ0n) is 9.45. The summed E-state index contributed by atoms with van der Waals surface area (Å²) in [5.74, 6) is -0.887. The van der Waals surface area contributed by atoms with Gasteiger partial charge in [0.2, 0.25) is 0 Å². The summed E-state index contributed by atoms with van der Waals surface area (Å²) < 4.78 is 11.4. The normalized spacial score (nSPS) is 38.5. The van der Waals surface area contributed by atoms with Gasteiger partial charge < -0.3 is 20.2 Å². The minimum Gasteiger partial charge on any atom is -0.480 e. The van der Waals surface area contributed by atoms with Gasteiger partial charge in [0.1, 0.15) is 6.04 Å². The van der Waals surface area contributed by atoms with Crippen molar-refractivity contribution in [1.82, 2.24) is 5.32 Å². The number of hydrogen-bond acceptors (Lipinski definition) is 3. The van der Waals surface area contributed by atoms with E-state index in [1.165, 1.54) is 0 Å². The molecule has 7 heteroatoms. The first-order chi connectivity index (χ1) is 7.89. The predicted molar refractivity (Wildman–Crippen MR) is 60.7 cm³/mol. The highest BCUT2D eigenvalue weighted by atomic mass is 31.2. The van der Waals surface area contributed by atoms with Gasteiger partial charge in [-0.05, 0) is 37.6 Å². The Labute approximate surface area is 99.6 Å². The van der Waals surface area contributed by atoms with Crippen LogP contribution in [-0.4, -0.2) is 39.1 Å². The number of piperidine rings is 1. The molecule has 1 saturated carbocycles. The van der Waals surface area contributed by atoms with Crippen molar-refractivity contribution in [3.05, 3.63) is 0 Å². The maximum absolute atomic E-state index is 11.4. The van der Waals surface area contributed by atoms with Crippen molar-refractivity contribution < 1.29 is 24.3 Å². The van der Waals surface area contributed by atoms with Crippen LogP contribution in [0.5, 0.6) is 0 Å². The van der Waals surface area contributed by atoms with Crippen molar-refractivity contribution in [3.8, 4) is 0 Å². The van der Waals surface area contributed by atoms with E-state index < -0.39 is 25.3 Å². The van der Waals surface area contributed by atoms with Gasteiger partial charge in [0, 0.05) is 0 Å². The van der Waals surface area contributed by atoms with Crippen molar-refractivity contribution in [2.45, 2.75) is 37.4 Å². The smallest absolute Gasteiger partial charge is 0.328 e. The number of carboxylic acids is 1. The molecule has 17 heavy (non-hydrogen) atoms. The van der Waals surface area contributed by atoms with Crippen LogP contribution < -0.4 is 5.32 Å². The minimum atomic E-state index is -4.11. The van der Waals surface area contributed by atoms with E-state index in [2.05, 4.69) is 5.32 Å². The first-order valence-electron chi connectivity index (χ1n) is 5.91. The van der Waals surface area contributed by atoms with Crippen LogP contribution in [0.4, 0.5) is 0 Å². The van der Waals surface area contributed by atoms with E-state index in [1.54, 1.807) is 0 Å². The SMILES string of the molecule is O=C(O)[C@@H]1C[C@@H]2[C@@H](CCC[C@@H]2P(=O)(O)O)CN1. The monoisotopic (exact) mass is 263 g/mol. The summed E-state index contributed by atoms with van der Waals surface area (Å²) in [4.78, 5) is 29.6. The zero-order valence-corrected chi connectivity index (χ0v) is 10.3. The predicted octanol–water partition coefficient (Wildman–Crippen LogP) is 0.395. The van der Waals surface area contributed by atoms with Gasteiger partial charge in [-0.15, -0.1) is 0 Å². The number of carboxylic acid groups (broad SMARTS) is 1. The highest BCUT2D eigenvalue weighted by molar-refractivity contribution is 7.52. The Morgan fingerprint density at radius 2 is 2.00 bits per heavy atom. The highest BCUT2D eigenvalue weighted by Gasteiger charge is 2.46. The van der Waals surface area contributed by atoms with Crippen LogP contribution in [0.15, 0.2) is 0 Å². The number of fused-ring (bicyclic) bond motifs is 1. The molecule has 0 spiro atoms. The van der Waals surface area contributed by atoms with Gasteiger partial charge in [-0.25, -0.2) is 0 Å². The van der Waals surface area contributed by atoms with Gasteiger partial charge in [-0.1, -0.05) is 6.42 Å². The fourth-order valence-corrected chi connectivity index (χ4v) is 4.57. The van der Waals surface area contributed by atoms with Crippen LogP contribution in [0.3, 0.4) is 0 Å². The van der Waals surface area contributed by atoms with Gasteiger partial charge >= 0.3 is 13.6 Å². The second-order valence-electron chi connectivity index (χ2n) is 5.05. The molecule has 1 heterocycles. The van der Waals surface area contributed by atoms with Crippen LogP contribution in [0.25, 0.3) is 0 Å². The molecular formula is C10H18NO5P. The summed E-state index contributed by atoms with van der Waals surface area (Å²) in [5.41, 5.74) is -0.648. The third-order valence-electron chi connectivity index (χ3n) is 4.04. The summed E-state index contributed by atoms with van der Waals surface area (Å²) in [5, 5.41) is 11.9. The van der Waals surface area contributed by atoms with Crippen LogP contribution in [-0.2, 0) is 9.36 Å². The van der Waals surface area contributed by atoms with Crippen molar-refractivity contribution in [1.29, 1.82) is 0 Å². The van der Waals surface area contributed by atoms with Crippen molar-refractivity contribution >= 4 is 13.6 Å². The molecule has 98 valence electrons. The fourth-order valence-electron chi connectivity index (χ4n) is 3.19. The van der Waals surface area contributed by atoms with E-state index in [4.69, 9.17) is 5.11 Å². The van der Waals surface area contributed by atoms with Crippen LogP contribution in [0.2, 0.25) is 0 Å². The number of carbonyl (C=O) groups is 1. The van der Waals surface area contributed by atoms with Gasteiger partial charge in [-0.2, -0.15) is 0 Å². The molecule has 6 nitrogen and oxygen atoms in total. The van der Waals surface area contributed by atoms with Crippen molar-refractivity contribution in [2.75, 3.05) is 6.54 Å². The lowest BCUT2D eigenvalue weighted by Gasteiger charge is -2.43. The molecule has 0 unspecified atom stereocenters. The Morgan fingerprint density at radius 1 is 1.29 bits per heavy atom. The van der Waals surface area contributed by atoms with E-state index in [0.29, 0.717) is 19.4 Å². The van der Waals surface area contributed by atoms with Crippen LogP contribution in [0, 0.1) is 11.8 Å². The molecule has 0 aromatic rings. The summed E-state index contributed by atoms with van der Waals surface area (Å²) in [6.07, 6.45) is 2.59. The van der Waals surface area contributed by atoms with Gasteiger partial charge in [-0.3, -0.25) is 9.36 Å². The van der Waals surface area contributed by atoms with E-state index >= 15 is 0 Å². The number of nitrogens with one attached hydrogen (secondary N) is 1. The van der Waals surface area contributed by atoms with Gasteiger partial charge in [0.25, 0.3) is 0 Å². The number of rotatable bonds is 2. The Balaban J connectivity index is 2.15. The first-order valence-corrected chi connectivity index (χ1v) is 7.59. The topological polar surface area (TPSA) is 107 Å². The standard InChI is InChI=1S/C10H18NO5P/c12-10(13)8-4-7-6(5-11-8)2-1-3-9(7)17(14,15)16/h6-9,11H,1-5H2,(H,12,13)(H2,14,15,16)/t6-,7+,8-,9-/m0/s1. The average Bonchev–Trinajstić information content (AvgIpc) is 2.26. The molecule has 4 atom stereocenters.